The quantitative estimate of drug-likeness (QED) is 0.758. The fraction of sp³-hybridized carbons (Fsp3) is 0.250. The molecule has 1 saturated heterocycles. The zero-order valence-corrected chi connectivity index (χ0v) is 14.9. The molecule has 1 atom stereocenters. The molecular weight excluding hydrogens is 367 g/mol. The summed E-state index contributed by atoms with van der Waals surface area (Å²) in [6.07, 6.45) is 0.0158. The van der Waals surface area contributed by atoms with Crippen molar-refractivity contribution in [2.75, 3.05) is 18.1 Å². The van der Waals surface area contributed by atoms with Crippen LogP contribution in [0.25, 0.3) is 0 Å². The maximum absolute atomic E-state index is 13.9. The van der Waals surface area contributed by atoms with Gasteiger partial charge in [-0.3, -0.25) is 9.59 Å². The summed E-state index contributed by atoms with van der Waals surface area (Å²) in [4.78, 5) is 36.5. The lowest BCUT2D eigenvalue weighted by atomic mass is 10.1. The van der Waals surface area contributed by atoms with Crippen LogP contribution in [0.5, 0.6) is 5.75 Å². The molecule has 7 nitrogen and oxygen atoms in total. The molecule has 2 aromatic rings. The Hall–Kier alpha value is -3.42. The molecule has 2 amide bonds. The van der Waals surface area contributed by atoms with Crippen molar-refractivity contribution in [1.82, 2.24) is 5.32 Å². The van der Waals surface area contributed by atoms with Crippen molar-refractivity contribution in [1.29, 1.82) is 0 Å². The number of hydrogen-bond acceptors (Lipinski definition) is 4. The third-order valence-electron chi connectivity index (χ3n) is 4.37. The zero-order valence-electron chi connectivity index (χ0n) is 14.9. The second kappa shape index (κ2) is 8.51. The van der Waals surface area contributed by atoms with Crippen LogP contribution < -0.4 is 15.0 Å². The summed E-state index contributed by atoms with van der Waals surface area (Å²) in [6.45, 7) is -0.132. The van der Waals surface area contributed by atoms with E-state index in [1.807, 2.05) is 0 Å². The normalized spacial score (nSPS) is 16.1. The first kappa shape index (κ1) is 19.3. The number of carbonyl (C=O) groups excluding carboxylic acids is 2. The average molecular weight is 386 g/mol. The molecule has 0 bridgehead atoms. The van der Waals surface area contributed by atoms with E-state index in [2.05, 4.69) is 5.32 Å². The van der Waals surface area contributed by atoms with Crippen LogP contribution in [-0.2, 0) is 20.9 Å². The molecule has 1 heterocycles. The van der Waals surface area contributed by atoms with Gasteiger partial charge in [-0.1, -0.05) is 24.3 Å². The molecule has 2 aromatic carbocycles. The number of carboxylic acid groups (broad SMARTS) is 1. The van der Waals surface area contributed by atoms with Crippen molar-refractivity contribution in [2.45, 2.75) is 13.0 Å². The Morgan fingerprint density at radius 3 is 2.75 bits per heavy atom. The third kappa shape index (κ3) is 4.64. The van der Waals surface area contributed by atoms with Gasteiger partial charge in [0.2, 0.25) is 11.8 Å². The Balaban J connectivity index is 1.57. The van der Waals surface area contributed by atoms with Gasteiger partial charge in [-0.2, -0.15) is 0 Å². The maximum Gasteiger partial charge on any atom is 0.341 e. The van der Waals surface area contributed by atoms with Crippen LogP contribution in [0.2, 0.25) is 0 Å². The lowest BCUT2D eigenvalue weighted by molar-refractivity contribution is -0.139. The first-order chi connectivity index (χ1) is 13.4. The molecule has 1 unspecified atom stereocenters. The Kier molecular flexibility index (Phi) is 5.88. The number of para-hydroxylation sites is 1. The molecular formula is C20H19FN2O5. The Labute approximate surface area is 160 Å². The molecule has 0 radical (unpaired) electrons. The molecule has 0 aliphatic carbocycles. The highest BCUT2D eigenvalue weighted by atomic mass is 19.1. The molecule has 0 saturated carbocycles. The van der Waals surface area contributed by atoms with E-state index in [0.29, 0.717) is 5.75 Å². The number of rotatable bonds is 7. The molecule has 2 N–H and O–H groups in total. The second-order valence-electron chi connectivity index (χ2n) is 6.40. The minimum Gasteiger partial charge on any atom is -0.482 e. The highest BCUT2D eigenvalue weighted by molar-refractivity contribution is 6.00. The number of carbonyl (C=O) groups is 3. The smallest absolute Gasteiger partial charge is 0.341 e. The van der Waals surface area contributed by atoms with E-state index in [9.17, 15) is 18.8 Å². The SMILES string of the molecule is O=C(O)COc1cccc(CNC(=O)C2CC(=O)N(c3ccccc3F)C2)c1. The predicted molar refractivity (Wildman–Crippen MR) is 98.3 cm³/mol. The van der Waals surface area contributed by atoms with E-state index in [4.69, 9.17) is 9.84 Å². The van der Waals surface area contributed by atoms with E-state index < -0.39 is 24.3 Å². The Morgan fingerprint density at radius 1 is 1.21 bits per heavy atom. The van der Waals surface area contributed by atoms with Crippen LogP contribution >= 0.6 is 0 Å². The number of nitrogens with one attached hydrogen (secondary N) is 1. The van der Waals surface area contributed by atoms with Crippen molar-refractivity contribution >= 4 is 23.5 Å². The summed E-state index contributed by atoms with van der Waals surface area (Å²) >= 11 is 0. The maximum atomic E-state index is 13.9. The molecule has 1 aliphatic rings. The lowest BCUT2D eigenvalue weighted by Crippen LogP contribution is -2.32. The largest absolute Gasteiger partial charge is 0.482 e. The average Bonchev–Trinajstić information content (AvgIpc) is 3.07. The number of hydrogen-bond donors (Lipinski definition) is 2. The first-order valence-corrected chi connectivity index (χ1v) is 8.70. The molecule has 1 aliphatic heterocycles. The fourth-order valence-electron chi connectivity index (χ4n) is 3.01. The highest BCUT2D eigenvalue weighted by Crippen LogP contribution is 2.27. The molecule has 0 aromatic heterocycles. The summed E-state index contributed by atoms with van der Waals surface area (Å²) in [5.41, 5.74) is 0.901. The van der Waals surface area contributed by atoms with E-state index in [0.717, 1.165) is 5.56 Å². The minimum atomic E-state index is -1.08. The zero-order chi connectivity index (χ0) is 20.1. The monoisotopic (exact) mass is 386 g/mol. The summed E-state index contributed by atoms with van der Waals surface area (Å²) in [5.74, 6) is -2.37. The number of anilines is 1. The number of aliphatic carboxylic acids is 1. The van der Waals surface area contributed by atoms with Gasteiger partial charge in [-0.25, -0.2) is 9.18 Å². The summed E-state index contributed by atoms with van der Waals surface area (Å²) in [6, 6.07) is 12.7. The molecule has 1 fully saturated rings. The van der Waals surface area contributed by atoms with Crippen molar-refractivity contribution < 1.29 is 28.6 Å². The van der Waals surface area contributed by atoms with Crippen molar-refractivity contribution in [3.05, 3.63) is 59.9 Å². The van der Waals surface area contributed by atoms with Crippen LogP contribution in [0, 0.1) is 11.7 Å². The molecule has 8 heteroatoms. The number of benzene rings is 2. The van der Waals surface area contributed by atoms with Crippen molar-refractivity contribution in [3.63, 3.8) is 0 Å². The molecule has 28 heavy (non-hydrogen) atoms. The summed E-state index contributed by atoms with van der Waals surface area (Å²) in [5, 5.41) is 11.4. The van der Waals surface area contributed by atoms with Crippen LogP contribution in [0.3, 0.4) is 0 Å². The Bertz CT molecular complexity index is 902. The van der Waals surface area contributed by atoms with E-state index in [-0.39, 0.29) is 37.0 Å². The topological polar surface area (TPSA) is 95.9 Å². The van der Waals surface area contributed by atoms with Gasteiger partial charge >= 0.3 is 5.97 Å². The van der Waals surface area contributed by atoms with Gasteiger partial charge < -0.3 is 20.1 Å². The number of ether oxygens (including phenoxy) is 1. The number of nitrogens with zero attached hydrogens (tertiary/aromatic N) is 1. The predicted octanol–water partition coefficient (Wildman–Crippen LogP) is 1.96. The van der Waals surface area contributed by atoms with E-state index >= 15 is 0 Å². The second-order valence-corrected chi connectivity index (χ2v) is 6.40. The van der Waals surface area contributed by atoms with Crippen LogP contribution in [0.4, 0.5) is 10.1 Å². The lowest BCUT2D eigenvalue weighted by Gasteiger charge is -2.17. The molecule has 0 spiro atoms. The van der Waals surface area contributed by atoms with Crippen LogP contribution in [0.1, 0.15) is 12.0 Å². The van der Waals surface area contributed by atoms with Gasteiger partial charge in [0.1, 0.15) is 11.6 Å². The van der Waals surface area contributed by atoms with Gasteiger partial charge in [0.15, 0.2) is 6.61 Å². The Morgan fingerprint density at radius 2 is 2.00 bits per heavy atom. The van der Waals surface area contributed by atoms with Crippen LogP contribution in [-0.4, -0.2) is 36.0 Å². The van der Waals surface area contributed by atoms with E-state index in [1.54, 1.807) is 30.3 Å². The third-order valence-corrected chi connectivity index (χ3v) is 4.37. The van der Waals surface area contributed by atoms with Gasteiger partial charge in [0, 0.05) is 19.5 Å². The highest BCUT2D eigenvalue weighted by Gasteiger charge is 2.35. The summed E-state index contributed by atoms with van der Waals surface area (Å²) < 4.78 is 19.0. The van der Waals surface area contributed by atoms with Crippen molar-refractivity contribution in [2.24, 2.45) is 5.92 Å². The van der Waals surface area contributed by atoms with Gasteiger partial charge in [-0.15, -0.1) is 0 Å². The van der Waals surface area contributed by atoms with Gasteiger partial charge in [0.05, 0.1) is 11.6 Å². The molecule has 146 valence electrons. The summed E-state index contributed by atoms with van der Waals surface area (Å²) in [7, 11) is 0. The van der Waals surface area contributed by atoms with E-state index in [1.165, 1.54) is 23.1 Å². The van der Waals surface area contributed by atoms with Crippen molar-refractivity contribution in [3.8, 4) is 5.75 Å². The number of carboxylic acids is 1. The first-order valence-electron chi connectivity index (χ1n) is 8.70. The minimum absolute atomic E-state index is 0.0158. The molecule has 3 rings (SSSR count). The van der Waals surface area contributed by atoms with Gasteiger partial charge in [-0.05, 0) is 29.8 Å². The number of amides is 2. The van der Waals surface area contributed by atoms with Crippen LogP contribution in [0.15, 0.2) is 48.5 Å². The fourth-order valence-corrected chi connectivity index (χ4v) is 3.01. The number of halogens is 1. The van der Waals surface area contributed by atoms with Gasteiger partial charge in [0.25, 0.3) is 0 Å². The standard InChI is InChI=1S/C20H19FN2O5/c21-16-6-1-2-7-17(16)23-11-14(9-18(23)24)20(27)22-10-13-4-3-5-15(8-13)28-12-19(25)26/h1-8,14H,9-12H2,(H,22,27)(H,25,26).